The van der Waals surface area contributed by atoms with E-state index in [9.17, 15) is 9.18 Å². The van der Waals surface area contributed by atoms with Gasteiger partial charge in [-0.15, -0.1) is 0 Å². The molecule has 0 bridgehead atoms. The van der Waals surface area contributed by atoms with Crippen LogP contribution < -0.4 is 10.3 Å². The van der Waals surface area contributed by atoms with Crippen molar-refractivity contribution in [2.75, 3.05) is 5.73 Å². The van der Waals surface area contributed by atoms with Crippen LogP contribution in [0.1, 0.15) is 52.9 Å². The number of rotatable bonds is 2. The molecule has 2 saturated carbocycles. The van der Waals surface area contributed by atoms with Crippen LogP contribution in [-0.2, 0) is 9.53 Å². The number of nitrogens with two attached hydrogens (primary N) is 1. The molecule has 0 radical (unpaired) electrons. The van der Waals surface area contributed by atoms with E-state index in [4.69, 9.17) is 15.9 Å². The van der Waals surface area contributed by atoms with Crippen LogP contribution in [0.15, 0.2) is 18.3 Å². The lowest BCUT2D eigenvalue weighted by molar-refractivity contribution is -0.547. The van der Waals surface area contributed by atoms with Gasteiger partial charge in [0.25, 0.3) is 0 Å². The number of nitrogens with one attached hydrogen (secondary N) is 1. The van der Waals surface area contributed by atoms with Crippen molar-refractivity contribution in [3.63, 3.8) is 0 Å². The highest BCUT2D eigenvalue weighted by atomic mass is 19.1. The molecule has 5 nitrogen and oxygen atoms in total. The van der Waals surface area contributed by atoms with E-state index in [1.54, 1.807) is 0 Å². The molecule has 3 rings (SSSR count). The van der Waals surface area contributed by atoms with E-state index in [0.717, 1.165) is 32.1 Å². The van der Waals surface area contributed by atoms with Crippen molar-refractivity contribution in [3.05, 3.63) is 24.1 Å². The Kier molecular flexibility index (Phi) is 4.33. The number of anilines is 1. The van der Waals surface area contributed by atoms with Crippen LogP contribution in [0.3, 0.4) is 0 Å². The van der Waals surface area contributed by atoms with Gasteiger partial charge >= 0.3 is 5.97 Å². The van der Waals surface area contributed by atoms with E-state index in [1.165, 1.54) is 22.9 Å². The van der Waals surface area contributed by atoms with E-state index in [-0.39, 0.29) is 23.2 Å². The summed E-state index contributed by atoms with van der Waals surface area (Å²) < 4.78 is 20.5. The molecule has 0 saturated heterocycles. The van der Waals surface area contributed by atoms with Gasteiger partial charge in [0.1, 0.15) is 11.8 Å². The molecule has 0 aromatic carbocycles. The number of carbonyl (C=O) groups is 1. The second-order valence-electron chi connectivity index (χ2n) is 8.47. The van der Waals surface area contributed by atoms with Gasteiger partial charge in [-0.1, -0.05) is 6.42 Å². The molecule has 0 amide bonds. The number of hydrogen-bond donors (Lipinski definition) is 2. The Morgan fingerprint density at radius 1 is 1.40 bits per heavy atom. The average Bonchev–Trinajstić information content (AvgIpc) is 3.20. The third kappa shape index (κ3) is 3.67. The van der Waals surface area contributed by atoms with E-state index in [0.29, 0.717) is 11.7 Å². The first-order valence-electron chi connectivity index (χ1n) is 8.90. The third-order valence-corrected chi connectivity index (χ3v) is 5.35. The van der Waals surface area contributed by atoms with Crippen molar-refractivity contribution in [1.29, 1.82) is 5.41 Å². The summed E-state index contributed by atoms with van der Waals surface area (Å²) >= 11 is 0. The Morgan fingerprint density at radius 3 is 2.80 bits per heavy atom. The molecular weight excluding hydrogens is 321 g/mol. The maximum Gasteiger partial charge on any atom is 0.310 e. The van der Waals surface area contributed by atoms with Gasteiger partial charge in [0.2, 0.25) is 11.7 Å². The zero-order chi connectivity index (χ0) is 18.4. The summed E-state index contributed by atoms with van der Waals surface area (Å²) in [5, 5.41) is 8.48. The summed E-state index contributed by atoms with van der Waals surface area (Å²) in [6, 6.07) is 2.77. The Morgan fingerprint density at radius 2 is 2.12 bits per heavy atom. The minimum Gasteiger partial charge on any atom is -0.460 e. The molecule has 1 spiro atoms. The minimum absolute atomic E-state index is 0.0183. The highest BCUT2D eigenvalue weighted by molar-refractivity contribution is 5.78. The molecule has 2 aliphatic carbocycles. The predicted octanol–water partition coefficient (Wildman–Crippen LogP) is 3.06. The molecule has 25 heavy (non-hydrogen) atoms. The standard InChI is InChI=1S/C19H26FN3O2/c1-18(2,3)25-17(24)14-10-19(14)8-4-5-12(9-19)16(22)23-11-13(20)6-7-15(23)21/h6-7,11-12,14,21-22H,4-5,8-10H2,1-3H3/p+1/t12-,14?,19?/m0/s1. The van der Waals surface area contributed by atoms with E-state index >= 15 is 0 Å². The normalized spacial score (nSPS) is 28.6. The van der Waals surface area contributed by atoms with Crippen molar-refractivity contribution in [1.82, 2.24) is 0 Å². The lowest BCUT2D eigenvalue weighted by atomic mass is 9.77. The fourth-order valence-electron chi connectivity index (χ4n) is 4.08. The molecular formula is C19H27FN3O2+. The number of nitrogens with zero attached hydrogens (tertiary/aromatic N) is 1. The van der Waals surface area contributed by atoms with Crippen LogP contribution in [0.5, 0.6) is 0 Å². The molecule has 3 N–H and O–H groups in total. The number of nitrogen functional groups attached to an aromatic ring is 1. The van der Waals surface area contributed by atoms with Gasteiger partial charge in [0.05, 0.1) is 5.92 Å². The maximum atomic E-state index is 13.5. The predicted molar refractivity (Wildman–Crippen MR) is 92.5 cm³/mol. The Bertz CT molecular complexity index is 713. The van der Waals surface area contributed by atoms with Crippen LogP contribution in [-0.4, -0.2) is 17.4 Å². The summed E-state index contributed by atoms with van der Waals surface area (Å²) in [4.78, 5) is 12.4. The van der Waals surface area contributed by atoms with Crippen molar-refractivity contribution < 1.29 is 18.5 Å². The van der Waals surface area contributed by atoms with Crippen LogP contribution in [0, 0.1) is 28.5 Å². The van der Waals surface area contributed by atoms with Crippen LogP contribution in [0.25, 0.3) is 0 Å². The summed E-state index contributed by atoms with van der Waals surface area (Å²) in [6.45, 7) is 5.63. The fourth-order valence-corrected chi connectivity index (χ4v) is 4.08. The Balaban J connectivity index is 1.71. The molecule has 2 aliphatic rings. The van der Waals surface area contributed by atoms with Crippen LogP contribution >= 0.6 is 0 Å². The van der Waals surface area contributed by atoms with Gasteiger partial charge in [0.15, 0.2) is 5.82 Å². The molecule has 1 aromatic rings. The van der Waals surface area contributed by atoms with Crippen molar-refractivity contribution >= 4 is 17.6 Å². The quantitative estimate of drug-likeness (QED) is 0.373. The van der Waals surface area contributed by atoms with E-state index in [2.05, 4.69) is 0 Å². The average molecular weight is 348 g/mol. The number of hydrogen-bond acceptors (Lipinski definition) is 4. The zero-order valence-electron chi connectivity index (χ0n) is 15.1. The van der Waals surface area contributed by atoms with Gasteiger partial charge in [-0.2, -0.15) is 5.41 Å². The largest absolute Gasteiger partial charge is 0.460 e. The molecule has 1 heterocycles. The number of aromatic nitrogens is 1. The number of pyridine rings is 1. The van der Waals surface area contributed by atoms with Crippen LogP contribution in [0.2, 0.25) is 0 Å². The topological polar surface area (TPSA) is 80.1 Å². The summed E-state index contributed by atoms with van der Waals surface area (Å²) in [5.74, 6) is 0.0315. The summed E-state index contributed by atoms with van der Waals surface area (Å²) in [6.07, 6.45) is 5.67. The number of carbonyl (C=O) groups excluding carboxylic acids is 1. The summed E-state index contributed by atoms with van der Waals surface area (Å²) in [7, 11) is 0. The van der Waals surface area contributed by atoms with Crippen molar-refractivity contribution in [2.45, 2.75) is 58.5 Å². The van der Waals surface area contributed by atoms with Gasteiger partial charge in [0, 0.05) is 12.0 Å². The van der Waals surface area contributed by atoms with Gasteiger partial charge in [-0.05, 0) is 57.9 Å². The number of halogens is 1. The number of ether oxygens (including phenoxy) is 1. The van der Waals surface area contributed by atoms with Crippen molar-refractivity contribution in [3.8, 4) is 0 Å². The second-order valence-corrected chi connectivity index (χ2v) is 8.47. The second kappa shape index (κ2) is 6.07. The molecule has 136 valence electrons. The molecule has 1 aromatic heterocycles. The van der Waals surface area contributed by atoms with Crippen molar-refractivity contribution in [2.24, 2.45) is 17.3 Å². The fraction of sp³-hybridized carbons (Fsp3) is 0.632. The SMILES string of the molecule is CC(C)(C)OC(=O)C1CC12CCC[C@H](C(=N)[n+]1cc(F)ccc1N)C2. The smallest absolute Gasteiger partial charge is 0.310 e. The first kappa shape index (κ1) is 17.8. The lowest BCUT2D eigenvalue weighted by Gasteiger charge is -2.29. The summed E-state index contributed by atoms with van der Waals surface area (Å²) in [5.41, 5.74) is 5.37. The van der Waals surface area contributed by atoms with E-state index in [1.807, 2.05) is 20.8 Å². The molecule has 0 aliphatic heterocycles. The molecule has 2 unspecified atom stereocenters. The number of esters is 1. The Hall–Kier alpha value is -1.98. The third-order valence-electron chi connectivity index (χ3n) is 5.35. The van der Waals surface area contributed by atoms with E-state index < -0.39 is 11.4 Å². The van der Waals surface area contributed by atoms with Gasteiger partial charge in [-0.25, -0.2) is 8.96 Å². The molecule has 2 fully saturated rings. The zero-order valence-corrected chi connectivity index (χ0v) is 15.1. The van der Waals surface area contributed by atoms with Gasteiger partial charge in [-0.3, -0.25) is 4.79 Å². The highest BCUT2D eigenvalue weighted by Crippen LogP contribution is 2.63. The monoisotopic (exact) mass is 348 g/mol. The van der Waals surface area contributed by atoms with Gasteiger partial charge < -0.3 is 10.5 Å². The lowest BCUT2D eigenvalue weighted by Crippen LogP contribution is -2.50. The molecule has 3 atom stereocenters. The first-order valence-corrected chi connectivity index (χ1v) is 8.90. The molecule has 6 heteroatoms. The first-order chi connectivity index (χ1) is 11.6. The minimum atomic E-state index is -0.479. The van der Waals surface area contributed by atoms with Crippen LogP contribution in [0.4, 0.5) is 10.2 Å². The Labute approximate surface area is 147 Å². The maximum absolute atomic E-state index is 13.5. The highest BCUT2D eigenvalue weighted by Gasteiger charge is 2.61.